The summed E-state index contributed by atoms with van der Waals surface area (Å²) < 4.78 is 2.11. The predicted molar refractivity (Wildman–Crippen MR) is 87.2 cm³/mol. The number of hydrogen-bond donors (Lipinski definition) is 1. The summed E-state index contributed by atoms with van der Waals surface area (Å²) in [5, 5.41) is 8.34. The van der Waals surface area contributed by atoms with E-state index in [0.29, 0.717) is 12.1 Å². The van der Waals surface area contributed by atoms with Crippen molar-refractivity contribution in [1.82, 2.24) is 15.1 Å². The second-order valence-electron chi connectivity index (χ2n) is 5.85. The quantitative estimate of drug-likeness (QED) is 0.610. The Morgan fingerprint density at radius 1 is 1.20 bits per heavy atom. The molecule has 20 heavy (non-hydrogen) atoms. The van der Waals surface area contributed by atoms with Gasteiger partial charge in [0, 0.05) is 24.7 Å². The molecule has 0 bridgehead atoms. The zero-order valence-corrected chi connectivity index (χ0v) is 13.9. The molecule has 0 saturated heterocycles. The maximum absolute atomic E-state index is 4.72. The lowest BCUT2D eigenvalue weighted by atomic mass is 10.0. The summed E-state index contributed by atoms with van der Waals surface area (Å²) in [5.41, 5.74) is 1.23. The van der Waals surface area contributed by atoms with E-state index in [1.165, 1.54) is 37.8 Å². The predicted octanol–water partition coefficient (Wildman–Crippen LogP) is 4.35. The Balaban J connectivity index is 2.45. The molecule has 1 rings (SSSR count). The van der Waals surface area contributed by atoms with E-state index in [4.69, 9.17) is 5.10 Å². The van der Waals surface area contributed by atoms with Gasteiger partial charge < -0.3 is 5.32 Å². The van der Waals surface area contributed by atoms with Gasteiger partial charge in [-0.25, -0.2) is 0 Å². The Morgan fingerprint density at radius 2 is 2.00 bits per heavy atom. The largest absolute Gasteiger partial charge is 0.314 e. The number of rotatable bonds is 11. The zero-order chi connectivity index (χ0) is 14.8. The Labute approximate surface area is 125 Å². The molecule has 1 aromatic heterocycles. The van der Waals surface area contributed by atoms with Crippen LogP contribution in [0.5, 0.6) is 0 Å². The first-order chi connectivity index (χ1) is 9.71. The highest BCUT2D eigenvalue weighted by atomic mass is 15.3. The summed E-state index contributed by atoms with van der Waals surface area (Å²) in [6, 6.07) is 3.27. The minimum absolute atomic E-state index is 0.505. The monoisotopic (exact) mass is 279 g/mol. The first-order valence-electron chi connectivity index (χ1n) is 8.48. The number of aromatic nitrogens is 2. The van der Waals surface area contributed by atoms with Crippen LogP contribution in [-0.4, -0.2) is 22.4 Å². The van der Waals surface area contributed by atoms with Gasteiger partial charge in [0.05, 0.1) is 5.69 Å². The highest BCUT2D eigenvalue weighted by molar-refractivity contribution is 5.02. The van der Waals surface area contributed by atoms with Gasteiger partial charge in [-0.2, -0.15) is 5.10 Å². The first kappa shape index (κ1) is 17.2. The van der Waals surface area contributed by atoms with Gasteiger partial charge in [-0.05, 0) is 32.4 Å². The molecular formula is C17H33N3. The van der Waals surface area contributed by atoms with Crippen molar-refractivity contribution in [2.45, 2.75) is 84.7 Å². The third-order valence-electron chi connectivity index (χ3n) is 4.06. The molecule has 2 atom stereocenters. The molecule has 3 heteroatoms. The normalized spacial score (nSPS) is 14.4. The van der Waals surface area contributed by atoms with Crippen molar-refractivity contribution in [3.8, 4) is 0 Å². The summed E-state index contributed by atoms with van der Waals surface area (Å²) >= 11 is 0. The van der Waals surface area contributed by atoms with Crippen LogP contribution in [0.15, 0.2) is 12.3 Å². The summed E-state index contributed by atoms with van der Waals surface area (Å²) in [4.78, 5) is 0. The molecule has 116 valence electrons. The fourth-order valence-corrected chi connectivity index (χ4v) is 2.55. The SMILES string of the molecule is CCCCCCC(Cc1ccn(C(C)CC)n1)NCC. The van der Waals surface area contributed by atoms with Crippen LogP contribution in [0, 0.1) is 0 Å². The molecule has 0 spiro atoms. The number of unbranched alkanes of at least 4 members (excludes halogenated alkanes) is 3. The van der Waals surface area contributed by atoms with Crippen molar-refractivity contribution in [1.29, 1.82) is 0 Å². The second-order valence-corrected chi connectivity index (χ2v) is 5.85. The van der Waals surface area contributed by atoms with Crippen LogP contribution >= 0.6 is 0 Å². The second kappa shape index (κ2) is 9.98. The van der Waals surface area contributed by atoms with Crippen molar-refractivity contribution in [2.24, 2.45) is 0 Å². The summed E-state index contributed by atoms with van der Waals surface area (Å²) in [7, 11) is 0. The molecule has 1 heterocycles. The smallest absolute Gasteiger partial charge is 0.0640 e. The number of hydrogen-bond acceptors (Lipinski definition) is 2. The summed E-state index contributed by atoms with van der Waals surface area (Å²) in [5.74, 6) is 0. The van der Waals surface area contributed by atoms with Crippen molar-refractivity contribution >= 4 is 0 Å². The van der Waals surface area contributed by atoms with Crippen molar-refractivity contribution in [2.75, 3.05) is 6.54 Å². The lowest BCUT2D eigenvalue weighted by molar-refractivity contribution is 0.445. The average molecular weight is 279 g/mol. The molecule has 0 aliphatic heterocycles. The molecule has 3 nitrogen and oxygen atoms in total. The average Bonchev–Trinajstić information content (AvgIpc) is 2.91. The third-order valence-corrected chi connectivity index (χ3v) is 4.06. The minimum atomic E-state index is 0.505. The van der Waals surface area contributed by atoms with E-state index in [-0.39, 0.29) is 0 Å². The van der Waals surface area contributed by atoms with Gasteiger partial charge >= 0.3 is 0 Å². The van der Waals surface area contributed by atoms with Crippen LogP contribution in [0.2, 0.25) is 0 Å². The molecule has 0 aromatic carbocycles. The molecule has 1 N–H and O–H groups in total. The van der Waals surface area contributed by atoms with Crippen LogP contribution in [0.1, 0.15) is 78.0 Å². The van der Waals surface area contributed by atoms with Crippen LogP contribution in [-0.2, 0) is 6.42 Å². The molecule has 0 amide bonds. The van der Waals surface area contributed by atoms with Gasteiger partial charge in [-0.1, -0.05) is 46.5 Å². The van der Waals surface area contributed by atoms with Gasteiger partial charge in [-0.3, -0.25) is 4.68 Å². The van der Waals surface area contributed by atoms with Gasteiger partial charge in [0.2, 0.25) is 0 Å². The van der Waals surface area contributed by atoms with Crippen molar-refractivity contribution in [3.63, 3.8) is 0 Å². The van der Waals surface area contributed by atoms with Crippen LogP contribution in [0.25, 0.3) is 0 Å². The topological polar surface area (TPSA) is 29.9 Å². The minimum Gasteiger partial charge on any atom is -0.314 e. The summed E-state index contributed by atoms with van der Waals surface area (Å²) in [6.07, 6.45) is 11.0. The molecule has 0 aliphatic rings. The van der Waals surface area contributed by atoms with Crippen molar-refractivity contribution in [3.05, 3.63) is 18.0 Å². The van der Waals surface area contributed by atoms with Crippen molar-refractivity contribution < 1.29 is 0 Å². The Hall–Kier alpha value is -0.830. The maximum Gasteiger partial charge on any atom is 0.0640 e. The van der Waals surface area contributed by atoms with E-state index >= 15 is 0 Å². The molecule has 0 radical (unpaired) electrons. The highest BCUT2D eigenvalue weighted by Crippen LogP contribution is 2.13. The number of nitrogens with zero attached hydrogens (tertiary/aromatic N) is 2. The van der Waals surface area contributed by atoms with Gasteiger partial charge in [0.15, 0.2) is 0 Å². The third kappa shape index (κ3) is 6.08. The molecule has 2 unspecified atom stereocenters. The summed E-state index contributed by atoms with van der Waals surface area (Å²) in [6.45, 7) is 9.94. The molecule has 0 fully saturated rings. The maximum atomic E-state index is 4.72. The van der Waals surface area contributed by atoms with E-state index in [2.05, 4.69) is 50.0 Å². The van der Waals surface area contributed by atoms with Gasteiger partial charge in [-0.15, -0.1) is 0 Å². The molecule has 1 aromatic rings. The van der Waals surface area contributed by atoms with E-state index in [0.717, 1.165) is 19.4 Å². The molecular weight excluding hydrogens is 246 g/mol. The number of likely N-dealkylation sites (N-methyl/N-ethyl adjacent to an activating group) is 1. The Bertz CT molecular complexity index is 346. The lowest BCUT2D eigenvalue weighted by Gasteiger charge is -2.16. The van der Waals surface area contributed by atoms with Crippen LogP contribution in [0.3, 0.4) is 0 Å². The van der Waals surface area contributed by atoms with E-state index in [1.54, 1.807) is 0 Å². The highest BCUT2D eigenvalue weighted by Gasteiger charge is 2.11. The van der Waals surface area contributed by atoms with E-state index < -0.39 is 0 Å². The fraction of sp³-hybridized carbons (Fsp3) is 0.824. The lowest BCUT2D eigenvalue weighted by Crippen LogP contribution is -2.31. The van der Waals surface area contributed by atoms with Crippen LogP contribution < -0.4 is 5.32 Å². The zero-order valence-electron chi connectivity index (χ0n) is 13.9. The standard InChI is InChI=1S/C17H33N3/c1-5-8-9-10-11-16(18-7-3)14-17-12-13-20(19-17)15(4)6-2/h12-13,15-16,18H,5-11,14H2,1-4H3. The van der Waals surface area contributed by atoms with E-state index in [1.807, 2.05) is 0 Å². The fourth-order valence-electron chi connectivity index (χ4n) is 2.55. The van der Waals surface area contributed by atoms with Crippen LogP contribution in [0.4, 0.5) is 0 Å². The van der Waals surface area contributed by atoms with Gasteiger partial charge in [0.1, 0.15) is 0 Å². The molecule has 0 saturated carbocycles. The Kier molecular flexibility index (Phi) is 8.59. The van der Waals surface area contributed by atoms with E-state index in [9.17, 15) is 0 Å². The first-order valence-corrected chi connectivity index (χ1v) is 8.48. The number of nitrogens with one attached hydrogen (secondary N) is 1. The van der Waals surface area contributed by atoms with Gasteiger partial charge in [0.25, 0.3) is 0 Å². The Morgan fingerprint density at radius 3 is 2.65 bits per heavy atom. The molecule has 0 aliphatic carbocycles.